The molecule has 116 valence electrons. The molecule has 1 heterocycles. The lowest BCUT2D eigenvalue weighted by Gasteiger charge is -2.12. The number of benzene rings is 1. The standard InChI is InChI=1S/C14H12INO6/c1-7-9(14(19)22-16-7)3-8-4-10(15)13(11(5-8)20-2)21-6-12(17)18/h3-5H,6H2,1-2H3,(H,17,18). The first-order valence-corrected chi connectivity index (χ1v) is 7.20. The second-order valence-electron chi connectivity index (χ2n) is 4.33. The topological polar surface area (TPSA) is 94.4 Å². The molecule has 8 heteroatoms. The first-order chi connectivity index (χ1) is 10.4. The monoisotopic (exact) mass is 417 g/mol. The van der Waals surface area contributed by atoms with Crippen LogP contribution >= 0.6 is 22.6 Å². The number of aliphatic carboxylic acids is 1. The molecule has 0 aromatic heterocycles. The van der Waals surface area contributed by atoms with E-state index in [0.717, 1.165) is 0 Å². The molecule has 2 rings (SSSR count). The molecule has 0 radical (unpaired) electrons. The molecule has 1 aliphatic heterocycles. The van der Waals surface area contributed by atoms with Crippen molar-refractivity contribution in [1.29, 1.82) is 0 Å². The van der Waals surface area contributed by atoms with Crippen LogP contribution in [0.2, 0.25) is 0 Å². The molecule has 0 fully saturated rings. The second-order valence-corrected chi connectivity index (χ2v) is 5.49. The Hall–Kier alpha value is -2.10. The van der Waals surface area contributed by atoms with Gasteiger partial charge < -0.3 is 19.4 Å². The van der Waals surface area contributed by atoms with Gasteiger partial charge in [-0.05, 0) is 53.3 Å². The third-order valence-corrected chi connectivity index (χ3v) is 3.58. The average Bonchev–Trinajstić information content (AvgIpc) is 2.77. The Labute approximate surface area is 139 Å². The van der Waals surface area contributed by atoms with Gasteiger partial charge >= 0.3 is 11.9 Å². The molecule has 1 N–H and O–H groups in total. The number of nitrogens with zero attached hydrogens (tertiary/aromatic N) is 1. The number of carbonyl (C=O) groups is 2. The molecule has 0 bridgehead atoms. The predicted molar refractivity (Wildman–Crippen MR) is 86.0 cm³/mol. The maximum absolute atomic E-state index is 11.5. The highest BCUT2D eigenvalue weighted by Crippen LogP contribution is 2.34. The lowest BCUT2D eigenvalue weighted by molar-refractivity contribution is -0.139. The Morgan fingerprint density at radius 1 is 1.50 bits per heavy atom. The SMILES string of the molecule is COc1cc(C=C2C(=O)ON=C2C)cc(I)c1OCC(=O)O. The van der Waals surface area contributed by atoms with E-state index in [9.17, 15) is 9.59 Å². The van der Waals surface area contributed by atoms with Crippen molar-refractivity contribution in [1.82, 2.24) is 0 Å². The molecule has 22 heavy (non-hydrogen) atoms. The van der Waals surface area contributed by atoms with Gasteiger partial charge in [0.15, 0.2) is 18.1 Å². The summed E-state index contributed by atoms with van der Waals surface area (Å²) in [7, 11) is 1.45. The summed E-state index contributed by atoms with van der Waals surface area (Å²) in [6.45, 7) is 1.20. The number of oxime groups is 1. The highest BCUT2D eigenvalue weighted by molar-refractivity contribution is 14.1. The van der Waals surface area contributed by atoms with Crippen LogP contribution in [0.4, 0.5) is 0 Å². The van der Waals surface area contributed by atoms with Crippen LogP contribution < -0.4 is 9.47 Å². The molecule has 0 unspecified atom stereocenters. The van der Waals surface area contributed by atoms with Gasteiger partial charge in [-0.15, -0.1) is 0 Å². The third-order valence-electron chi connectivity index (χ3n) is 2.78. The lowest BCUT2D eigenvalue weighted by Crippen LogP contribution is -2.11. The van der Waals surface area contributed by atoms with Gasteiger partial charge in [0.1, 0.15) is 0 Å². The number of rotatable bonds is 5. The quantitative estimate of drug-likeness (QED) is 0.448. The van der Waals surface area contributed by atoms with E-state index in [0.29, 0.717) is 31.9 Å². The zero-order valence-electron chi connectivity index (χ0n) is 11.8. The summed E-state index contributed by atoms with van der Waals surface area (Å²) in [6, 6.07) is 3.39. The summed E-state index contributed by atoms with van der Waals surface area (Å²) < 4.78 is 11.1. The maximum Gasteiger partial charge on any atom is 0.367 e. The van der Waals surface area contributed by atoms with Crippen molar-refractivity contribution in [3.8, 4) is 11.5 Å². The van der Waals surface area contributed by atoms with Gasteiger partial charge in [-0.2, -0.15) is 0 Å². The largest absolute Gasteiger partial charge is 0.493 e. The summed E-state index contributed by atoms with van der Waals surface area (Å²) in [5.74, 6) is -0.879. The molecule has 0 spiro atoms. The Kier molecular flexibility index (Phi) is 5.01. The smallest absolute Gasteiger partial charge is 0.367 e. The zero-order valence-corrected chi connectivity index (χ0v) is 13.9. The predicted octanol–water partition coefficient (Wildman–Crippen LogP) is 2.08. The minimum atomic E-state index is -1.08. The number of halogens is 1. The Morgan fingerprint density at radius 3 is 2.77 bits per heavy atom. The van der Waals surface area contributed by atoms with Gasteiger partial charge in [-0.1, -0.05) is 5.16 Å². The number of hydrogen-bond donors (Lipinski definition) is 1. The first kappa shape index (κ1) is 16.3. The Morgan fingerprint density at radius 2 is 2.23 bits per heavy atom. The summed E-state index contributed by atoms with van der Waals surface area (Å²) in [5, 5.41) is 12.3. The van der Waals surface area contributed by atoms with E-state index < -0.39 is 18.5 Å². The number of ether oxygens (including phenoxy) is 2. The van der Waals surface area contributed by atoms with Crippen molar-refractivity contribution in [2.24, 2.45) is 5.16 Å². The molecule has 1 aromatic carbocycles. The molecule has 1 aliphatic rings. The molecule has 0 saturated heterocycles. The second kappa shape index (κ2) is 6.77. The first-order valence-electron chi connectivity index (χ1n) is 6.12. The van der Waals surface area contributed by atoms with Gasteiger partial charge in [0, 0.05) is 0 Å². The summed E-state index contributed by atoms with van der Waals surface area (Å²) in [4.78, 5) is 26.7. The fourth-order valence-electron chi connectivity index (χ4n) is 1.78. The Balaban J connectivity index is 2.38. The van der Waals surface area contributed by atoms with Crippen molar-refractivity contribution < 1.29 is 29.0 Å². The van der Waals surface area contributed by atoms with E-state index >= 15 is 0 Å². The number of carbonyl (C=O) groups excluding carboxylic acids is 1. The highest BCUT2D eigenvalue weighted by atomic mass is 127. The number of methoxy groups -OCH3 is 1. The summed E-state index contributed by atoms with van der Waals surface area (Å²) in [5.41, 5.74) is 1.54. The lowest BCUT2D eigenvalue weighted by atomic mass is 10.1. The van der Waals surface area contributed by atoms with Crippen LogP contribution in [0.1, 0.15) is 12.5 Å². The maximum atomic E-state index is 11.5. The molecule has 1 aromatic rings. The number of carboxylic acid groups (broad SMARTS) is 1. The number of carboxylic acids is 1. The molecule has 0 aliphatic carbocycles. The summed E-state index contributed by atoms with van der Waals surface area (Å²) in [6.07, 6.45) is 1.62. The van der Waals surface area contributed by atoms with Gasteiger partial charge in [0.05, 0.1) is 22.0 Å². The van der Waals surface area contributed by atoms with Crippen LogP contribution in [0.15, 0.2) is 22.9 Å². The molecule has 0 amide bonds. The highest BCUT2D eigenvalue weighted by Gasteiger charge is 2.22. The molecule has 0 saturated carbocycles. The number of hydrogen-bond acceptors (Lipinski definition) is 6. The molecule has 0 atom stereocenters. The Bertz CT molecular complexity index is 695. The fourth-order valence-corrected chi connectivity index (χ4v) is 2.56. The minimum Gasteiger partial charge on any atom is -0.493 e. The summed E-state index contributed by atoms with van der Waals surface area (Å²) >= 11 is 2.01. The van der Waals surface area contributed by atoms with Crippen molar-refractivity contribution in [3.63, 3.8) is 0 Å². The van der Waals surface area contributed by atoms with Crippen molar-refractivity contribution in [2.75, 3.05) is 13.7 Å². The van der Waals surface area contributed by atoms with Crippen LogP contribution in [0.3, 0.4) is 0 Å². The zero-order chi connectivity index (χ0) is 16.3. The normalized spacial score (nSPS) is 15.5. The molecular weight excluding hydrogens is 405 g/mol. The molecular formula is C14H12INO6. The third kappa shape index (κ3) is 3.56. The average molecular weight is 417 g/mol. The van der Waals surface area contributed by atoms with E-state index in [4.69, 9.17) is 14.6 Å². The van der Waals surface area contributed by atoms with Gasteiger partial charge in [0.25, 0.3) is 0 Å². The van der Waals surface area contributed by atoms with Crippen LogP contribution in [-0.2, 0) is 14.4 Å². The minimum absolute atomic E-state index is 0.340. The van der Waals surface area contributed by atoms with E-state index in [-0.39, 0.29) is 0 Å². The van der Waals surface area contributed by atoms with Gasteiger partial charge in [-0.25, -0.2) is 9.59 Å². The van der Waals surface area contributed by atoms with Crippen molar-refractivity contribution in [2.45, 2.75) is 6.92 Å². The van der Waals surface area contributed by atoms with Crippen LogP contribution in [0.5, 0.6) is 11.5 Å². The van der Waals surface area contributed by atoms with E-state index in [1.165, 1.54) is 7.11 Å². The van der Waals surface area contributed by atoms with E-state index in [2.05, 4.69) is 9.99 Å². The van der Waals surface area contributed by atoms with Gasteiger partial charge in [-0.3, -0.25) is 0 Å². The van der Waals surface area contributed by atoms with Crippen LogP contribution in [0.25, 0.3) is 6.08 Å². The fraction of sp³-hybridized carbons (Fsp3) is 0.214. The van der Waals surface area contributed by atoms with Crippen LogP contribution in [-0.4, -0.2) is 36.5 Å². The van der Waals surface area contributed by atoms with E-state index in [1.54, 1.807) is 25.1 Å². The van der Waals surface area contributed by atoms with Gasteiger partial charge in [0.2, 0.25) is 0 Å². The van der Waals surface area contributed by atoms with E-state index in [1.807, 2.05) is 22.6 Å². The van der Waals surface area contributed by atoms with Crippen LogP contribution in [0, 0.1) is 3.57 Å². The van der Waals surface area contributed by atoms with Crippen molar-refractivity contribution >= 4 is 46.3 Å². The molecule has 7 nitrogen and oxygen atoms in total. The van der Waals surface area contributed by atoms with Crippen molar-refractivity contribution in [3.05, 3.63) is 26.8 Å².